The summed E-state index contributed by atoms with van der Waals surface area (Å²) in [5, 5.41) is 13.4. The first-order valence-corrected chi connectivity index (χ1v) is 7.05. The van der Waals surface area contributed by atoms with Crippen LogP contribution in [0, 0.1) is 0 Å². The monoisotopic (exact) mass is 316 g/mol. The van der Waals surface area contributed by atoms with E-state index in [-0.39, 0.29) is 6.04 Å². The summed E-state index contributed by atoms with van der Waals surface area (Å²) in [6.07, 6.45) is -2.61. The minimum atomic E-state index is -4.83. The molecule has 0 bridgehead atoms. The first kappa shape index (κ1) is 16.6. The Morgan fingerprint density at radius 2 is 2.05 bits per heavy atom. The van der Waals surface area contributed by atoms with Gasteiger partial charge in [0.05, 0.1) is 0 Å². The number of para-hydroxylation sites is 1. The number of hydrogen-bond donors (Lipinski definition) is 2. The van der Waals surface area contributed by atoms with Gasteiger partial charge in [0.15, 0.2) is 11.5 Å². The molecule has 1 aromatic carbocycles. The third kappa shape index (κ3) is 4.14. The van der Waals surface area contributed by atoms with Gasteiger partial charge < -0.3 is 15.2 Å². The minimum Gasteiger partial charge on any atom is -0.504 e. The summed E-state index contributed by atoms with van der Waals surface area (Å²) in [6.45, 7) is 6.80. The number of benzene rings is 1. The summed E-state index contributed by atoms with van der Waals surface area (Å²) >= 11 is 0. The Labute approximate surface area is 127 Å². The Bertz CT molecular complexity index is 514. The molecule has 7 heteroatoms. The van der Waals surface area contributed by atoms with Crippen LogP contribution in [0.15, 0.2) is 30.9 Å². The zero-order chi connectivity index (χ0) is 16.2. The number of piperazine rings is 1. The Kier molecular flexibility index (Phi) is 5.31. The molecule has 0 spiro atoms. The maximum Gasteiger partial charge on any atom is 0.573 e. The van der Waals surface area contributed by atoms with Crippen molar-refractivity contribution in [3.63, 3.8) is 0 Å². The molecule has 22 heavy (non-hydrogen) atoms. The molecule has 1 aliphatic heterocycles. The maximum atomic E-state index is 12.4. The van der Waals surface area contributed by atoms with Gasteiger partial charge in [-0.3, -0.25) is 4.90 Å². The summed E-state index contributed by atoms with van der Waals surface area (Å²) in [6, 6.07) is 3.95. The van der Waals surface area contributed by atoms with Crippen molar-refractivity contribution in [1.82, 2.24) is 10.2 Å². The molecule has 2 N–H and O–H groups in total. The quantitative estimate of drug-likeness (QED) is 0.820. The van der Waals surface area contributed by atoms with Crippen molar-refractivity contribution in [3.05, 3.63) is 36.4 Å². The van der Waals surface area contributed by atoms with Crippen molar-refractivity contribution in [1.29, 1.82) is 0 Å². The van der Waals surface area contributed by atoms with E-state index in [9.17, 15) is 18.3 Å². The first-order valence-electron chi connectivity index (χ1n) is 7.05. The van der Waals surface area contributed by atoms with Crippen LogP contribution < -0.4 is 10.1 Å². The van der Waals surface area contributed by atoms with Gasteiger partial charge in [-0.25, -0.2) is 0 Å². The lowest BCUT2D eigenvalue weighted by Gasteiger charge is -2.35. The molecule has 0 unspecified atom stereocenters. The van der Waals surface area contributed by atoms with Crippen LogP contribution in [0.5, 0.6) is 11.5 Å². The zero-order valence-corrected chi connectivity index (χ0v) is 12.1. The second-order valence-corrected chi connectivity index (χ2v) is 5.07. The van der Waals surface area contributed by atoms with E-state index in [1.165, 1.54) is 6.07 Å². The Morgan fingerprint density at radius 3 is 2.64 bits per heavy atom. The van der Waals surface area contributed by atoms with Crippen LogP contribution in [0.1, 0.15) is 18.0 Å². The molecule has 0 radical (unpaired) electrons. The van der Waals surface area contributed by atoms with Crippen molar-refractivity contribution in [2.75, 3.05) is 26.2 Å². The fourth-order valence-corrected chi connectivity index (χ4v) is 2.64. The molecular weight excluding hydrogens is 297 g/mol. The van der Waals surface area contributed by atoms with E-state index < -0.39 is 17.9 Å². The number of alkyl halides is 3. The summed E-state index contributed by atoms with van der Waals surface area (Å²) < 4.78 is 41.0. The average Bonchev–Trinajstić information content (AvgIpc) is 2.47. The molecule has 122 valence electrons. The number of nitrogens with one attached hydrogen (secondary N) is 1. The Balaban J connectivity index is 2.30. The number of nitrogens with zero attached hydrogens (tertiary/aromatic N) is 1. The molecule has 1 aliphatic rings. The highest BCUT2D eigenvalue weighted by Crippen LogP contribution is 2.39. The van der Waals surface area contributed by atoms with Gasteiger partial charge in [-0.1, -0.05) is 18.2 Å². The molecule has 0 aromatic heterocycles. The smallest absolute Gasteiger partial charge is 0.504 e. The average molecular weight is 316 g/mol. The Hall–Kier alpha value is -1.73. The van der Waals surface area contributed by atoms with Gasteiger partial charge in [0.1, 0.15) is 0 Å². The molecule has 1 aromatic rings. The van der Waals surface area contributed by atoms with E-state index in [0.717, 1.165) is 32.2 Å². The van der Waals surface area contributed by atoms with Crippen molar-refractivity contribution < 1.29 is 23.0 Å². The molecule has 1 atom stereocenters. The lowest BCUT2D eigenvalue weighted by Crippen LogP contribution is -2.45. The normalized spacial score (nSPS) is 18.0. The van der Waals surface area contributed by atoms with Gasteiger partial charge in [0.25, 0.3) is 0 Å². The van der Waals surface area contributed by atoms with Gasteiger partial charge in [0, 0.05) is 37.8 Å². The van der Waals surface area contributed by atoms with Crippen LogP contribution in [-0.2, 0) is 0 Å². The topological polar surface area (TPSA) is 44.7 Å². The van der Waals surface area contributed by atoms with Crippen LogP contribution in [0.4, 0.5) is 13.2 Å². The van der Waals surface area contributed by atoms with Crippen LogP contribution in [0.25, 0.3) is 0 Å². The number of phenolic OH excluding ortho intramolecular Hbond substituents is 1. The lowest BCUT2D eigenvalue weighted by atomic mass is 9.99. The van der Waals surface area contributed by atoms with Crippen molar-refractivity contribution >= 4 is 0 Å². The summed E-state index contributed by atoms with van der Waals surface area (Å²) in [5.41, 5.74) is 0.420. The number of hydrogen-bond acceptors (Lipinski definition) is 4. The lowest BCUT2D eigenvalue weighted by molar-refractivity contribution is -0.275. The largest absolute Gasteiger partial charge is 0.573 e. The van der Waals surface area contributed by atoms with Gasteiger partial charge in [-0.2, -0.15) is 0 Å². The maximum absolute atomic E-state index is 12.4. The molecule has 1 heterocycles. The van der Waals surface area contributed by atoms with E-state index >= 15 is 0 Å². The van der Waals surface area contributed by atoms with Gasteiger partial charge in [-0.15, -0.1) is 19.8 Å². The van der Waals surface area contributed by atoms with E-state index in [2.05, 4.69) is 21.5 Å². The van der Waals surface area contributed by atoms with Crippen molar-refractivity contribution in [3.8, 4) is 11.5 Å². The van der Waals surface area contributed by atoms with E-state index in [0.29, 0.717) is 12.0 Å². The highest BCUT2D eigenvalue weighted by Gasteiger charge is 2.33. The summed E-state index contributed by atoms with van der Waals surface area (Å²) in [5.74, 6) is -1.04. The van der Waals surface area contributed by atoms with Crippen molar-refractivity contribution in [2.45, 2.75) is 18.8 Å². The molecule has 4 nitrogen and oxygen atoms in total. The van der Waals surface area contributed by atoms with Gasteiger partial charge in [-0.05, 0) is 12.5 Å². The zero-order valence-electron chi connectivity index (χ0n) is 12.1. The van der Waals surface area contributed by atoms with Crippen molar-refractivity contribution in [2.24, 2.45) is 0 Å². The minimum absolute atomic E-state index is 0.226. The molecule has 0 saturated carbocycles. The summed E-state index contributed by atoms with van der Waals surface area (Å²) in [4.78, 5) is 2.12. The Morgan fingerprint density at radius 1 is 1.36 bits per heavy atom. The van der Waals surface area contributed by atoms with E-state index in [4.69, 9.17) is 0 Å². The molecule has 1 saturated heterocycles. The molecular formula is C15H19F3N2O2. The van der Waals surface area contributed by atoms with Gasteiger partial charge >= 0.3 is 6.36 Å². The second kappa shape index (κ2) is 7.02. The SMILES string of the molecule is C=CC[C@H](c1cccc(OC(F)(F)F)c1O)N1CCNCC1. The first-order chi connectivity index (χ1) is 10.4. The highest BCUT2D eigenvalue weighted by molar-refractivity contribution is 5.47. The third-order valence-electron chi connectivity index (χ3n) is 3.60. The fraction of sp³-hybridized carbons (Fsp3) is 0.467. The molecule has 0 amide bonds. The number of halogens is 3. The predicted molar refractivity (Wildman–Crippen MR) is 76.8 cm³/mol. The molecule has 1 fully saturated rings. The third-order valence-corrected chi connectivity index (χ3v) is 3.60. The van der Waals surface area contributed by atoms with E-state index in [1.54, 1.807) is 12.1 Å². The van der Waals surface area contributed by atoms with Crippen LogP contribution in [0.3, 0.4) is 0 Å². The standard InChI is InChI=1S/C15H19F3N2O2/c1-2-4-12(20-9-7-19-8-10-20)11-5-3-6-13(14(11)21)22-15(16,17)18/h2-3,5-6,12,19,21H,1,4,7-10H2/t12-/m1/s1. The number of phenols is 1. The second-order valence-electron chi connectivity index (χ2n) is 5.07. The molecule has 2 rings (SSSR count). The number of ether oxygens (including phenoxy) is 1. The predicted octanol–water partition coefficient (Wildman–Crippen LogP) is 2.81. The molecule has 0 aliphatic carbocycles. The number of rotatable bonds is 5. The summed E-state index contributed by atoms with van der Waals surface area (Å²) in [7, 11) is 0. The fourth-order valence-electron chi connectivity index (χ4n) is 2.64. The van der Waals surface area contributed by atoms with Gasteiger partial charge in [0.2, 0.25) is 0 Å². The highest BCUT2D eigenvalue weighted by atomic mass is 19.4. The van der Waals surface area contributed by atoms with E-state index in [1.807, 2.05) is 0 Å². The van der Waals surface area contributed by atoms with Crippen LogP contribution in [-0.4, -0.2) is 42.5 Å². The van der Waals surface area contributed by atoms with Crippen LogP contribution in [0.2, 0.25) is 0 Å². The van der Waals surface area contributed by atoms with Crippen LogP contribution >= 0.6 is 0 Å². The number of aromatic hydroxyl groups is 1.